The van der Waals surface area contributed by atoms with Crippen molar-refractivity contribution in [1.82, 2.24) is 0 Å². The number of rotatable bonds is 6. The molecule has 3 nitrogen and oxygen atoms in total. The van der Waals surface area contributed by atoms with Gasteiger partial charge in [0.25, 0.3) is 0 Å². The summed E-state index contributed by atoms with van der Waals surface area (Å²) in [5, 5.41) is 8.69. The highest BCUT2D eigenvalue weighted by atomic mass is 16.5. The summed E-state index contributed by atoms with van der Waals surface area (Å²) in [5.41, 5.74) is 6.16. The fraction of sp³-hybridized carbons (Fsp3) is 0.316. The molecule has 0 saturated carbocycles. The van der Waals surface area contributed by atoms with Gasteiger partial charge in [-0.1, -0.05) is 12.1 Å². The molecule has 0 spiro atoms. The van der Waals surface area contributed by atoms with E-state index in [-0.39, 0.29) is 6.61 Å². The highest BCUT2D eigenvalue weighted by Gasteiger charge is 2.04. The molecule has 0 radical (unpaired) electrons. The molecule has 0 aliphatic heterocycles. The zero-order chi connectivity index (χ0) is 15.9. The zero-order valence-corrected chi connectivity index (χ0v) is 13.5. The first kappa shape index (κ1) is 16.2. The maximum atomic E-state index is 8.69. The quantitative estimate of drug-likeness (QED) is 0.828. The Labute approximate surface area is 132 Å². The number of benzene rings is 2. The molecule has 0 atom stereocenters. The minimum absolute atomic E-state index is 0.0764. The molecular formula is C19H23NO2. The van der Waals surface area contributed by atoms with Crippen molar-refractivity contribution < 1.29 is 9.84 Å². The number of aryl methyl sites for hydroxylation is 1. The van der Waals surface area contributed by atoms with Crippen molar-refractivity contribution in [2.45, 2.75) is 27.4 Å². The highest BCUT2D eigenvalue weighted by molar-refractivity contribution is 5.79. The average molecular weight is 297 g/mol. The molecule has 2 aromatic carbocycles. The summed E-state index contributed by atoms with van der Waals surface area (Å²) in [6.07, 6.45) is 1.76. The van der Waals surface area contributed by atoms with Gasteiger partial charge in [0.2, 0.25) is 0 Å². The molecule has 22 heavy (non-hydrogen) atoms. The van der Waals surface area contributed by atoms with Gasteiger partial charge >= 0.3 is 0 Å². The number of aliphatic hydroxyl groups is 1. The van der Waals surface area contributed by atoms with Crippen LogP contribution in [0.4, 0.5) is 0 Å². The number of aliphatic hydroxyl groups excluding tert-OH is 1. The second kappa shape index (κ2) is 7.76. The second-order valence-electron chi connectivity index (χ2n) is 5.41. The van der Waals surface area contributed by atoms with Gasteiger partial charge in [0.1, 0.15) is 12.4 Å². The summed E-state index contributed by atoms with van der Waals surface area (Å²) in [5.74, 6) is 0.844. The van der Waals surface area contributed by atoms with Crippen LogP contribution in [0.3, 0.4) is 0 Å². The molecule has 0 fully saturated rings. The maximum absolute atomic E-state index is 8.69. The van der Waals surface area contributed by atoms with E-state index in [2.05, 4.69) is 37.9 Å². The first-order valence-corrected chi connectivity index (χ1v) is 7.51. The van der Waals surface area contributed by atoms with Crippen LogP contribution in [0, 0.1) is 20.8 Å². The van der Waals surface area contributed by atoms with Crippen LogP contribution in [0.25, 0.3) is 0 Å². The Morgan fingerprint density at radius 3 is 2.41 bits per heavy atom. The van der Waals surface area contributed by atoms with Crippen molar-refractivity contribution in [3.8, 4) is 5.75 Å². The van der Waals surface area contributed by atoms with Crippen molar-refractivity contribution in [3.63, 3.8) is 0 Å². The van der Waals surface area contributed by atoms with E-state index >= 15 is 0 Å². The van der Waals surface area contributed by atoms with E-state index in [0.717, 1.165) is 11.3 Å². The predicted octanol–water partition coefficient (Wildman–Crippen LogP) is 3.60. The molecule has 0 unspecified atom stereocenters. The Hall–Kier alpha value is -2.13. The number of nitrogens with zero attached hydrogens (tertiary/aromatic N) is 1. The number of aliphatic imine (C=N–C) groups is 1. The van der Waals surface area contributed by atoms with Gasteiger partial charge < -0.3 is 9.84 Å². The SMILES string of the molecule is Cc1ccc(COc2ccc(/C=N/CCO)cc2)c(C)c1C. The molecule has 1 N–H and O–H groups in total. The van der Waals surface area contributed by atoms with Crippen molar-refractivity contribution in [3.05, 3.63) is 64.2 Å². The van der Waals surface area contributed by atoms with Crippen LogP contribution in [0.15, 0.2) is 41.4 Å². The summed E-state index contributed by atoms with van der Waals surface area (Å²) >= 11 is 0. The zero-order valence-electron chi connectivity index (χ0n) is 13.5. The third kappa shape index (κ3) is 4.18. The van der Waals surface area contributed by atoms with Crippen LogP contribution in [0.5, 0.6) is 5.75 Å². The van der Waals surface area contributed by atoms with Crippen LogP contribution in [-0.4, -0.2) is 24.5 Å². The molecule has 116 valence electrons. The molecule has 0 bridgehead atoms. The van der Waals surface area contributed by atoms with E-state index in [1.807, 2.05) is 24.3 Å². The normalized spacial score (nSPS) is 11.1. The number of hydrogen-bond acceptors (Lipinski definition) is 3. The molecule has 0 heterocycles. The van der Waals surface area contributed by atoms with Crippen molar-refractivity contribution in [2.24, 2.45) is 4.99 Å². The maximum Gasteiger partial charge on any atom is 0.119 e. The fourth-order valence-electron chi connectivity index (χ4n) is 2.21. The van der Waals surface area contributed by atoms with Crippen molar-refractivity contribution in [2.75, 3.05) is 13.2 Å². The lowest BCUT2D eigenvalue weighted by molar-refractivity contribution is 0.305. The largest absolute Gasteiger partial charge is 0.489 e. The minimum atomic E-state index is 0.0764. The molecule has 0 saturated heterocycles. The van der Waals surface area contributed by atoms with Crippen LogP contribution in [0.2, 0.25) is 0 Å². The van der Waals surface area contributed by atoms with Crippen LogP contribution in [-0.2, 0) is 6.61 Å². The molecular weight excluding hydrogens is 274 g/mol. The molecule has 0 aliphatic rings. The lowest BCUT2D eigenvalue weighted by Gasteiger charge is -2.12. The van der Waals surface area contributed by atoms with Crippen LogP contribution in [0.1, 0.15) is 27.8 Å². The average Bonchev–Trinajstić information content (AvgIpc) is 2.53. The first-order chi connectivity index (χ1) is 10.6. The highest BCUT2D eigenvalue weighted by Crippen LogP contribution is 2.19. The monoisotopic (exact) mass is 297 g/mol. The summed E-state index contributed by atoms with van der Waals surface area (Å²) in [4.78, 5) is 4.10. The summed E-state index contributed by atoms with van der Waals surface area (Å²) < 4.78 is 5.86. The Balaban J connectivity index is 1.99. The standard InChI is InChI=1S/C19H23NO2/c1-14-4-7-18(16(3)15(14)2)13-22-19-8-5-17(6-9-19)12-20-10-11-21/h4-9,12,21H,10-11,13H2,1-3H3/b20-12+. The number of ether oxygens (including phenoxy) is 1. The Bertz CT molecular complexity index is 645. The van der Waals surface area contributed by atoms with E-state index in [9.17, 15) is 0 Å². The van der Waals surface area contributed by atoms with E-state index < -0.39 is 0 Å². The molecule has 3 heteroatoms. The van der Waals surface area contributed by atoms with Crippen molar-refractivity contribution in [1.29, 1.82) is 0 Å². The van der Waals surface area contributed by atoms with Gasteiger partial charge in [-0.2, -0.15) is 0 Å². The molecule has 2 aromatic rings. The third-order valence-corrected chi connectivity index (χ3v) is 3.91. The third-order valence-electron chi connectivity index (χ3n) is 3.91. The molecule has 0 aromatic heterocycles. The van der Waals surface area contributed by atoms with E-state index in [0.29, 0.717) is 13.2 Å². The van der Waals surface area contributed by atoms with Gasteiger partial charge in [0.15, 0.2) is 0 Å². The molecule has 2 rings (SSSR count). The first-order valence-electron chi connectivity index (χ1n) is 7.51. The summed E-state index contributed by atoms with van der Waals surface area (Å²) in [6.45, 7) is 7.50. The lowest BCUT2D eigenvalue weighted by atomic mass is 9.99. The number of hydrogen-bond donors (Lipinski definition) is 1. The Morgan fingerprint density at radius 2 is 1.73 bits per heavy atom. The van der Waals surface area contributed by atoms with E-state index in [4.69, 9.17) is 9.84 Å². The Kier molecular flexibility index (Phi) is 5.73. The second-order valence-corrected chi connectivity index (χ2v) is 5.41. The molecule has 0 amide bonds. The fourth-order valence-corrected chi connectivity index (χ4v) is 2.21. The predicted molar refractivity (Wildman–Crippen MR) is 91.0 cm³/mol. The topological polar surface area (TPSA) is 41.8 Å². The summed E-state index contributed by atoms with van der Waals surface area (Å²) in [6, 6.07) is 12.1. The minimum Gasteiger partial charge on any atom is -0.489 e. The van der Waals surface area contributed by atoms with Gasteiger partial charge in [0.05, 0.1) is 13.2 Å². The van der Waals surface area contributed by atoms with Crippen LogP contribution >= 0.6 is 0 Å². The Morgan fingerprint density at radius 1 is 1.00 bits per heavy atom. The lowest BCUT2D eigenvalue weighted by Crippen LogP contribution is -2.00. The van der Waals surface area contributed by atoms with Crippen LogP contribution < -0.4 is 4.74 Å². The van der Waals surface area contributed by atoms with Gasteiger partial charge in [-0.25, -0.2) is 0 Å². The van der Waals surface area contributed by atoms with Gasteiger partial charge in [-0.05, 0) is 72.9 Å². The van der Waals surface area contributed by atoms with Crippen molar-refractivity contribution >= 4 is 6.21 Å². The smallest absolute Gasteiger partial charge is 0.119 e. The van der Waals surface area contributed by atoms with E-state index in [1.54, 1.807) is 6.21 Å². The molecule has 0 aliphatic carbocycles. The van der Waals surface area contributed by atoms with Gasteiger partial charge in [-0.3, -0.25) is 4.99 Å². The van der Waals surface area contributed by atoms with Gasteiger partial charge in [0, 0.05) is 6.21 Å². The van der Waals surface area contributed by atoms with Gasteiger partial charge in [-0.15, -0.1) is 0 Å². The summed E-state index contributed by atoms with van der Waals surface area (Å²) in [7, 11) is 0. The van der Waals surface area contributed by atoms with E-state index in [1.165, 1.54) is 22.3 Å².